The molecule has 0 aliphatic carbocycles. The highest BCUT2D eigenvalue weighted by molar-refractivity contribution is 6.32. The summed E-state index contributed by atoms with van der Waals surface area (Å²) in [6.07, 6.45) is 3.65. The van der Waals surface area contributed by atoms with Crippen molar-refractivity contribution in [1.82, 2.24) is 0 Å². The molecule has 1 aromatic carbocycles. The van der Waals surface area contributed by atoms with Gasteiger partial charge in [-0.2, -0.15) is 0 Å². The summed E-state index contributed by atoms with van der Waals surface area (Å²) < 4.78 is 0. The molecule has 98 valence electrons. The fourth-order valence-electron chi connectivity index (χ4n) is 1.66. The molecule has 0 aliphatic rings. The molecule has 3 nitrogen and oxygen atoms in total. The van der Waals surface area contributed by atoms with Crippen molar-refractivity contribution in [2.45, 2.75) is 26.3 Å². The average Bonchev–Trinajstić information content (AvgIpc) is 2.35. The molecule has 18 heavy (non-hydrogen) atoms. The predicted molar refractivity (Wildman–Crippen MR) is 76.3 cm³/mol. The molecule has 0 radical (unpaired) electrons. The largest absolute Gasteiger partial charge is 0.478 e. The second-order valence-electron chi connectivity index (χ2n) is 4.21. The number of carbonyl (C=O) groups is 1. The fourth-order valence-corrected chi connectivity index (χ4v) is 1.90. The summed E-state index contributed by atoms with van der Waals surface area (Å²) in [7, 11) is 1.98. The smallest absolute Gasteiger partial charge is 0.328 e. The van der Waals surface area contributed by atoms with Gasteiger partial charge in [0.05, 0.1) is 0 Å². The number of aliphatic carboxylic acids is 1. The second-order valence-corrected chi connectivity index (χ2v) is 4.62. The van der Waals surface area contributed by atoms with Crippen LogP contribution in [0.3, 0.4) is 0 Å². The van der Waals surface area contributed by atoms with Gasteiger partial charge in [-0.25, -0.2) is 4.79 Å². The maximum absolute atomic E-state index is 10.6. The van der Waals surface area contributed by atoms with Crippen LogP contribution < -0.4 is 4.90 Å². The Morgan fingerprint density at radius 2 is 2.22 bits per heavy atom. The standard InChI is InChI=1S/C14H18ClNO2/c1-4-10(2)16(3)13-7-5-6-12(15)11(13)8-9-14(17)18/h5-10H,4H2,1-3H3,(H,17,18)/b9-8+. The lowest BCUT2D eigenvalue weighted by atomic mass is 10.1. The van der Waals surface area contributed by atoms with Crippen molar-refractivity contribution >= 4 is 29.3 Å². The summed E-state index contributed by atoms with van der Waals surface area (Å²) in [5.74, 6) is -0.980. The highest BCUT2D eigenvalue weighted by atomic mass is 35.5. The molecule has 1 rings (SSSR count). The van der Waals surface area contributed by atoms with E-state index in [4.69, 9.17) is 16.7 Å². The monoisotopic (exact) mass is 267 g/mol. The van der Waals surface area contributed by atoms with Crippen LogP contribution in [-0.2, 0) is 4.79 Å². The van der Waals surface area contributed by atoms with Crippen LogP contribution in [0.5, 0.6) is 0 Å². The molecule has 0 saturated carbocycles. The number of nitrogens with zero attached hydrogens (tertiary/aromatic N) is 1. The number of hydrogen-bond acceptors (Lipinski definition) is 2. The third kappa shape index (κ3) is 3.50. The number of benzene rings is 1. The highest BCUT2D eigenvalue weighted by Gasteiger charge is 2.13. The van der Waals surface area contributed by atoms with E-state index in [2.05, 4.69) is 18.7 Å². The zero-order valence-electron chi connectivity index (χ0n) is 10.9. The van der Waals surface area contributed by atoms with Gasteiger partial charge in [0.25, 0.3) is 0 Å². The van der Waals surface area contributed by atoms with Crippen molar-refractivity contribution in [2.75, 3.05) is 11.9 Å². The minimum atomic E-state index is -0.980. The van der Waals surface area contributed by atoms with Crippen LogP contribution in [-0.4, -0.2) is 24.2 Å². The van der Waals surface area contributed by atoms with Crippen molar-refractivity contribution in [1.29, 1.82) is 0 Å². The molecule has 0 saturated heterocycles. The Morgan fingerprint density at radius 1 is 1.56 bits per heavy atom. The lowest BCUT2D eigenvalue weighted by Crippen LogP contribution is -2.28. The summed E-state index contributed by atoms with van der Waals surface area (Å²) >= 11 is 6.13. The topological polar surface area (TPSA) is 40.5 Å². The summed E-state index contributed by atoms with van der Waals surface area (Å²) in [5, 5.41) is 9.26. The number of carboxylic acid groups (broad SMARTS) is 1. The maximum Gasteiger partial charge on any atom is 0.328 e. The number of halogens is 1. The number of hydrogen-bond donors (Lipinski definition) is 1. The van der Waals surface area contributed by atoms with Crippen molar-refractivity contribution in [2.24, 2.45) is 0 Å². The Bertz CT molecular complexity index is 457. The molecule has 4 heteroatoms. The van der Waals surface area contributed by atoms with Crippen LogP contribution in [0.4, 0.5) is 5.69 Å². The van der Waals surface area contributed by atoms with Crippen LogP contribution in [0, 0.1) is 0 Å². The first-order valence-electron chi connectivity index (χ1n) is 5.89. The number of anilines is 1. The molecule has 1 aromatic rings. The summed E-state index contributed by atoms with van der Waals surface area (Å²) in [5.41, 5.74) is 1.68. The average molecular weight is 268 g/mol. The first kappa shape index (κ1) is 14.6. The Morgan fingerprint density at radius 3 is 2.78 bits per heavy atom. The minimum absolute atomic E-state index is 0.362. The fraction of sp³-hybridized carbons (Fsp3) is 0.357. The molecule has 0 fully saturated rings. The number of rotatable bonds is 5. The quantitative estimate of drug-likeness (QED) is 0.828. The molecule has 0 amide bonds. The lowest BCUT2D eigenvalue weighted by Gasteiger charge is -2.28. The van der Waals surface area contributed by atoms with E-state index < -0.39 is 5.97 Å². The van der Waals surface area contributed by atoms with E-state index in [1.165, 1.54) is 0 Å². The van der Waals surface area contributed by atoms with Gasteiger partial charge in [0.1, 0.15) is 0 Å². The minimum Gasteiger partial charge on any atom is -0.478 e. The molecular weight excluding hydrogens is 250 g/mol. The molecule has 0 spiro atoms. The molecule has 1 N–H and O–H groups in total. The Hall–Kier alpha value is -1.48. The van der Waals surface area contributed by atoms with Crippen molar-refractivity contribution < 1.29 is 9.90 Å². The van der Waals surface area contributed by atoms with Gasteiger partial charge in [0.2, 0.25) is 0 Å². The van der Waals surface area contributed by atoms with E-state index in [-0.39, 0.29) is 0 Å². The third-order valence-corrected chi connectivity index (χ3v) is 3.38. The molecule has 0 bridgehead atoms. The Labute approximate surface area is 113 Å². The summed E-state index contributed by atoms with van der Waals surface area (Å²) in [6, 6.07) is 5.94. The van der Waals surface area contributed by atoms with Gasteiger partial charge >= 0.3 is 5.97 Å². The molecule has 0 aromatic heterocycles. The van der Waals surface area contributed by atoms with E-state index in [9.17, 15) is 4.79 Å². The van der Waals surface area contributed by atoms with E-state index in [1.54, 1.807) is 12.1 Å². The number of carboxylic acids is 1. The first-order valence-corrected chi connectivity index (χ1v) is 6.27. The predicted octanol–water partition coefficient (Wildman–Crippen LogP) is 3.67. The van der Waals surface area contributed by atoms with Gasteiger partial charge < -0.3 is 10.0 Å². The van der Waals surface area contributed by atoms with Gasteiger partial charge in [-0.3, -0.25) is 0 Å². The molecule has 1 atom stereocenters. The zero-order chi connectivity index (χ0) is 13.7. The van der Waals surface area contributed by atoms with Crippen LogP contribution in [0.2, 0.25) is 5.02 Å². The van der Waals surface area contributed by atoms with Gasteiger partial charge in [-0.1, -0.05) is 24.6 Å². The van der Waals surface area contributed by atoms with Crippen LogP contribution >= 0.6 is 11.6 Å². The Kier molecular flexibility index (Phi) is 5.23. The normalized spacial score (nSPS) is 12.7. The van der Waals surface area contributed by atoms with E-state index in [0.29, 0.717) is 11.1 Å². The maximum atomic E-state index is 10.6. The molecule has 0 aliphatic heterocycles. The van der Waals surface area contributed by atoms with E-state index >= 15 is 0 Å². The Balaban J connectivity index is 3.19. The third-order valence-electron chi connectivity index (χ3n) is 3.05. The van der Waals surface area contributed by atoms with Gasteiger partial charge in [0.15, 0.2) is 0 Å². The molecular formula is C14H18ClNO2. The van der Waals surface area contributed by atoms with E-state index in [1.807, 2.05) is 19.2 Å². The van der Waals surface area contributed by atoms with Crippen LogP contribution in [0.25, 0.3) is 6.08 Å². The lowest BCUT2D eigenvalue weighted by molar-refractivity contribution is -0.131. The van der Waals surface area contributed by atoms with Gasteiger partial charge in [-0.15, -0.1) is 0 Å². The van der Waals surface area contributed by atoms with Gasteiger partial charge in [0, 0.05) is 35.4 Å². The van der Waals surface area contributed by atoms with Gasteiger partial charge in [-0.05, 0) is 31.6 Å². The van der Waals surface area contributed by atoms with Crippen LogP contribution in [0.1, 0.15) is 25.8 Å². The molecule has 0 heterocycles. The second kappa shape index (κ2) is 6.45. The highest BCUT2D eigenvalue weighted by Crippen LogP contribution is 2.29. The van der Waals surface area contributed by atoms with E-state index in [0.717, 1.165) is 23.7 Å². The van der Waals surface area contributed by atoms with Crippen molar-refractivity contribution in [3.05, 3.63) is 34.9 Å². The van der Waals surface area contributed by atoms with Crippen LogP contribution in [0.15, 0.2) is 24.3 Å². The summed E-state index contributed by atoms with van der Waals surface area (Å²) in [4.78, 5) is 12.7. The summed E-state index contributed by atoms with van der Waals surface area (Å²) in [6.45, 7) is 4.23. The SMILES string of the molecule is CCC(C)N(C)c1cccc(Cl)c1/C=C/C(=O)O. The molecule has 1 unspecified atom stereocenters. The van der Waals surface area contributed by atoms with Crippen molar-refractivity contribution in [3.8, 4) is 0 Å². The zero-order valence-corrected chi connectivity index (χ0v) is 11.6. The first-order chi connectivity index (χ1) is 8.47. The van der Waals surface area contributed by atoms with Crippen molar-refractivity contribution in [3.63, 3.8) is 0 Å².